The van der Waals surface area contributed by atoms with Crippen LogP contribution in [0.1, 0.15) is 37.0 Å². The molecule has 1 fully saturated rings. The smallest absolute Gasteiger partial charge is 0.344 e. The van der Waals surface area contributed by atoms with E-state index in [9.17, 15) is 4.79 Å². The zero-order valence-electron chi connectivity index (χ0n) is 11.1. The molecule has 6 nitrogen and oxygen atoms in total. The Hall–Kier alpha value is -1.34. The van der Waals surface area contributed by atoms with E-state index < -0.39 is 5.97 Å². The van der Waals surface area contributed by atoms with Crippen LogP contribution in [0.15, 0.2) is 0 Å². The van der Waals surface area contributed by atoms with E-state index in [1.165, 1.54) is 11.5 Å². The fourth-order valence-corrected chi connectivity index (χ4v) is 2.90. The van der Waals surface area contributed by atoms with Crippen molar-refractivity contribution >= 4 is 28.3 Å². The molecule has 106 valence electrons. The van der Waals surface area contributed by atoms with Gasteiger partial charge in [-0.3, -0.25) is 0 Å². The topological polar surface area (TPSA) is 86.5 Å². The fourth-order valence-electron chi connectivity index (χ4n) is 2.12. The van der Waals surface area contributed by atoms with Crippen LogP contribution in [0.2, 0.25) is 0 Å². The first-order valence-electron chi connectivity index (χ1n) is 6.42. The molecule has 1 aromatic rings. The maximum absolute atomic E-state index is 11.9. The quantitative estimate of drug-likeness (QED) is 0.821. The van der Waals surface area contributed by atoms with Crippen molar-refractivity contribution in [1.82, 2.24) is 4.37 Å². The zero-order valence-corrected chi connectivity index (χ0v) is 12.0. The lowest BCUT2D eigenvalue weighted by Gasteiger charge is -2.28. The first-order valence-corrected chi connectivity index (χ1v) is 7.19. The summed E-state index contributed by atoms with van der Waals surface area (Å²) < 4.78 is 14.5. The Balaban J connectivity index is 2.09. The van der Waals surface area contributed by atoms with E-state index in [0.29, 0.717) is 17.2 Å². The molecule has 2 atom stereocenters. The minimum atomic E-state index is -0.420. The summed E-state index contributed by atoms with van der Waals surface area (Å²) in [5.74, 6) is -0.192. The van der Waals surface area contributed by atoms with Crippen LogP contribution in [-0.4, -0.2) is 35.7 Å². The summed E-state index contributed by atoms with van der Waals surface area (Å²) in [4.78, 5) is 11.9. The molecule has 0 radical (unpaired) electrons. The van der Waals surface area contributed by atoms with E-state index in [4.69, 9.17) is 15.2 Å². The molecular weight excluding hydrogens is 266 g/mol. The van der Waals surface area contributed by atoms with Crippen molar-refractivity contribution in [3.05, 3.63) is 5.56 Å². The number of aromatic nitrogens is 1. The molecule has 2 rings (SSSR count). The van der Waals surface area contributed by atoms with Crippen LogP contribution in [0.3, 0.4) is 0 Å². The van der Waals surface area contributed by atoms with Crippen LogP contribution in [0.25, 0.3) is 0 Å². The Kier molecular flexibility index (Phi) is 4.60. The summed E-state index contributed by atoms with van der Waals surface area (Å²) in [6.07, 6.45) is 2.03. The zero-order chi connectivity index (χ0) is 13.8. The molecule has 2 unspecified atom stereocenters. The molecule has 0 saturated carbocycles. The number of rotatable bonds is 4. The molecule has 0 aliphatic carbocycles. The third-order valence-electron chi connectivity index (χ3n) is 3.02. The second-order valence-corrected chi connectivity index (χ2v) is 5.31. The highest BCUT2D eigenvalue weighted by atomic mass is 32.1. The van der Waals surface area contributed by atoms with Gasteiger partial charge in [0.25, 0.3) is 0 Å². The minimum Gasteiger partial charge on any atom is -0.462 e. The van der Waals surface area contributed by atoms with Crippen molar-refractivity contribution in [2.75, 3.05) is 24.3 Å². The van der Waals surface area contributed by atoms with E-state index in [1.54, 1.807) is 6.92 Å². The number of nitrogens with two attached hydrogens (primary N) is 1. The van der Waals surface area contributed by atoms with Crippen LogP contribution in [0.4, 0.5) is 10.8 Å². The highest BCUT2D eigenvalue weighted by Crippen LogP contribution is 2.30. The molecule has 2 heterocycles. The highest BCUT2D eigenvalue weighted by molar-refractivity contribution is 7.11. The van der Waals surface area contributed by atoms with Gasteiger partial charge in [-0.25, -0.2) is 4.79 Å². The van der Waals surface area contributed by atoms with Gasteiger partial charge in [0.2, 0.25) is 0 Å². The van der Waals surface area contributed by atoms with E-state index >= 15 is 0 Å². The van der Waals surface area contributed by atoms with Crippen molar-refractivity contribution in [2.45, 2.75) is 38.8 Å². The molecule has 3 N–H and O–H groups in total. The summed E-state index contributed by atoms with van der Waals surface area (Å²) in [6, 6.07) is 0.275. The van der Waals surface area contributed by atoms with Crippen LogP contribution >= 0.6 is 11.5 Å². The number of nitrogens with one attached hydrogen (secondary N) is 1. The largest absolute Gasteiger partial charge is 0.462 e. The van der Waals surface area contributed by atoms with Crippen LogP contribution in [0.5, 0.6) is 0 Å². The molecule has 1 aliphatic rings. The van der Waals surface area contributed by atoms with Crippen molar-refractivity contribution in [3.8, 4) is 0 Å². The Bertz CT molecular complexity index is 449. The number of ether oxygens (including phenoxy) is 2. The number of esters is 1. The number of carbonyl (C=O) groups is 1. The Labute approximate surface area is 116 Å². The van der Waals surface area contributed by atoms with Gasteiger partial charge < -0.3 is 20.5 Å². The lowest BCUT2D eigenvalue weighted by Crippen LogP contribution is -2.32. The molecule has 1 saturated heterocycles. The van der Waals surface area contributed by atoms with Gasteiger partial charge in [-0.2, -0.15) is 4.37 Å². The first kappa shape index (κ1) is 14.1. The fraction of sp³-hybridized carbons (Fsp3) is 0.667. The lowest BCUT2D eigenvalue weighted by atomic mass is 10.0. The van der Waals surface area contributed by atoms with E-state index in [-0.39, 0.29) is 18.0 Å². The molecule has 0 amide bonds. The molecule has 0 bridgehead atoms. The van der Waals surface area contributed by atoms with Crippen molar-refractivity contribution in [1.29, 1.82) is 0 Å². The van der Waals surface area contributed by atoms with Gasteiger partial charge >= 0.3 is 5.97 Å². The number of carbonyl (C=O) groups excluding carboxylic acids is 1. The summed E-state index contributed by atoms with van der Waals surface area (Å²) in [5.41, 5.74) is 6.09. The highest BCUT2D eigenvalue weighted by Gasteiger charge is 2.25. The van der Waals surface area contributed by atoms with Gasteiger partial charge in [-0.05, 0) is 38.2 Å². The summed E-state index contributed by atoms with van der Waals surface area (Å²) in [7, 11) is 0. The Morgan fingerprint density at radius 3 is 3.16 bits per heavy atom. The van der Waals surface area contributed by atoms with E-state index in [2.05, 4.69) is 9.69 Å². The average molecular weight is 285 g/mol. The monoisotopic (exact) mass is 285 g/mol. The molecule has 0 aromatic carbocycles. The maximum Gasteiger partial charge on any atom is 0.344 e. The van der Waals surface area contributed by atoms with Crippen LogP contribution < -0.4 is 11.1 Å². The second-order valence-electron chi connectivity index (χ2n) is 4.54. The van der Waals surface area contributed by atoms with Gasteiger partial charge in [0, 0.05) is 12.6 Å². The Morgan fingerprint density at radius 1 is 1.68 bits per heavy atom. The van der Waals surface area contributed by atoms with Gasteiger partial charge in [0.1, 0.15) is 10.6 Å². The number of hydrogen-bond acceptors (Lipinski definition) is 7. The van der Waals surface area contributed by atoms with E-state index in [0.717, 1.165) is 19.4 Å². The SMILES string of the molecule is CCOC(=O)c1c(N)nsc1NC1CCOC(C)C1. The minimum absolute atomic E-state index is 0.225. The maximum atomic E-state index is 11.9. The lowest BCUT2D eigenvalue weighted by molar-refractivity contribution is 0.0232. The van der Waals surface area contributed by atoms with Gasteiger partial charge in [0.05, 0.1) is 12.7 Å². The van der Waals surface area contributed by atoms with Gasteiger partial charge in [-0.15, -0.1) is 0 Å². The normalized spacial score (nSPS) is 23.1. The standard InChI is InChI=1S/C12H19N3O3S/c1-3-17-12(16)9-10(13)15-19-11(9)14-8-4-5-18-7(2)6-8/h7-8,14H,3-6H2,1-2H3,(H2,13,15). The van der Waals surface area contributed by atoms with E-state index in [1.807, 2.05) is 6.92 Å². The summed E-state index contributed by atoms with van der Waals surface area (Å²) in [6.45, 7) is 4.85. The van der Waals surface area contributed by atoms with Crippen LogP contribution in [0, 0.1) is 0 Å². The molecular formula is C12H19N3O3S. The first-order chi connectivity index (χ1) is 9.11. The molecule has 1 aliphatic heterocycles. The number of anilines is 2. The number of nitrogens with zero attached hydrogens (tertiary/aromatic N) is 1. The van der Waals surface area contributed by atoms with Crippen molar-refractivity contribution < 1.29 is 14.3 Å². The average Bonchev–Trinajstić information content (AvgIpc) is 2.71. The van der Waals surface area contributed by atoms with Crippen LogP contribution in [-0.2, 0) is 9.47 Å². The Morgan fingerprint density at radius 2 is 2.47 bits per heavy atom. The molecule has 7 heteroatoms. The predicted octanol–water partition coefficient (Wildman–Crippen LogP) is 1.88. The third kappa shape index (κ3) is 3.36. The molecule has 0 spiro atoms. The second kappa shape index (κ2) is 6.21. The van der Waals surface area contributed by atoms with Gasteiger partial charge in [0.15, 0.2) is 5.82 Å². The van der Waals surface area contributed by atoms with Gasteiger partial charge in [-0.1, -0.05) is 0 Å². The summed E-state index contributed by atoms with van der Waals surface area (Å²) >= 11 is 1.20. The van der Waals surface area contributed by atoms with Crippen molar-refractivity contribution in [3.63, 3.8) is 0 Å². The molecule has 19 heavy (non-hydrogen) atoms. The van der Waals surface area contributed by atoms with Crippen molar-refractivity contribution in [2.24, 2.45) is 0 Å². The number of hydrogen-bond donors (Lipinski definition) is 2. The predicted molar refractivity (Wildman–Crippen MR) is 74.5 cm³/mol. The number of nitrogen functional groups attached to an aromatic ring is 1. The summed E-state index contributed by atoms with van der Waals surface area (Å²) in [5, 5.41) is 4.03. The molecule has 1 aromatic heterocycles. The third-order valence-corrected chi connectivity index (χ3v) is 3.81.